The summed E-state index contributed by atoms with van der Waals surface area (Å²) in [7, 11) is 1.97. The lowest BCUT2D eigenvalue weighted by Crippen LogP contribution is -2.41. The van der Waals surface area contributed by atoms with E-state index in [0.717, 1.165) is 30.5 Å². The quantitative estimate of drug-likeness (QED) is 0.723. The van der Waals surface area contributed by atoms with Gasteiger partial charge in [0.05, 0.1) is 12.6 Å². The molecule has 1 unspecified atom stereocenters. The average molecular weight is 369 g/mol. The van der Waals surface area contributed by atoms with Gasteiger partial charge in [0.2, 0.25) is 5.91 Å². The minimum atomic E-state index is -0.433. The number of furan rings is 1. The molecule has 3 rings (SSSR count). The highest BCUT2D eigenvalue weighted by molar-refractivity contribution is 5.93. The molecular formula is C20H23N3O4. The van der Waals surface area contributed by atoms with Gasteiger partial charge in [-0.15, -0.1) is 0 Å². The Kier molecular flexibility index (Phi) is 6.03. The molecule has 0 bridgehead atoms. The summed E-state index contributed by atoms with van der Waals surface area (Å²) in [6, 6.07) is 10.8. The summed E-state index contributed by atoms with van der Waals surface area (Å²) in [5.74, 6) is 0.315. The Hall–Kier alpha value is -2.93. The first kappa shape index (κ1) is 18.8. The van der Waals surface area contributed by atoms with Crippen molar-refractivity contribution >= 4 is 18.1 Å². The molecule has 2 N–H and O–H groups in total. The molecule has 1 atom stereocenters. The Bertz CT molecular complexity index is 830. The lowest BCUT2D eigenvalue weighted by atomic mass is 10.1. The van der Waals surface area contributed by atoms with E-state index in [1.165, 1.54) is 0 Å². The first-order valence-electron chi connectivity index (χ1n) is 8.97. The van der Waals surface area contributed by atoms with Crippen LogP contribution < -0.4 is 10.6 Å². The van der Waals surface area contributed by atoms with E-state index in [9.17, 15) is 14.4 Å². The van der Waals surface area contributed by atoms with Crippen LogP contribution in [0.1, 0.15) is 29.0 Å². The van der Waals surface area contributed by atoms with Crippen LogP contribution in [0.5, 0.6) is 0 Å². The Morgan fingerprint density at radius 2 is 2.11 bits per heavy atom. The highest BCUT2D eigenvalue weighted by atomic mass is 16.3. The lowest BCUT2D eigenvalue weighted by Gasteiger charge is -2.18. The number of carbonyl (C=O) groups is 3. The van der Waals surface area contributed by atoms with Crippen LogP contribution in [0.2, 0.25) is 0 Å². The maximum absolute atomic E-state index is 12.3. The molecule has 0 radical (unpaired) electrons. The summed E-state index contributed by atoms with van der Waals surface area (Å²) in [6.45, 7) is 1.33. The molecule has 1 aliphatic heterocycles. The van der Waals surface area contributed by atoms with Crippen molar-refractivity contribution in [2.75, 3.05) is 20.1 Å². The number of likely N-dealkylation sites (N-methyl/N-ethyl adjacent to an activating group) is 1. The largest absolute Gasteiger partial charge is 0.451 e. The molecule has 0 saturated carbocycles. The second-order valence-corrected chi connectivity index (χ2v) is 6.60. The molecule has 0 spiro atoms. The van der Waals surface area contributed by atoms with E-state index in [0.29, 0.717) is 18.6 Å². The van der Waals surface area contributed by atoms with Gasteiger partial charge in [-0.1, -0.05) is 18.2 Å². The minimum Gasteiger partial charge on any atom is -0.451 e. The van der Waals surface area contributed by atoms with Crippen LogP contribution in [-0.2, 0) is 16.1 Å². The molecule has 7 nitrogen and oxygen atoms in total. The topological polar surface area (TPSA) is 91.7 Å². The maximum atomic E-state index is 12.3. The van der Waals surface area contributed by atoms with Gasteiger partial charge in [0.25, 0.3) is 5.91 Å². The van der Waals surface area contributed by atoms with Crippen molar-refractivity contribution in [1.82, 2.24) is 15.5 Å². The van der Waals surface area contributed by atoms with Gasteiger partial charge in [-0.25, -0.2) is 0 Å². The van der Waals surface area contributed by atoms with E-state index in [4.69, 9.17) is 4.42 Å². The number of benzene rings is 1. The van der Waals surface area contributed by atoms with Crippen molar-refractivity contribution < 1.29 is 18.8 Å². The molecule has 7 heteroatoms. The number of hydrogen-bond donors (Lipinski definition) is 2. The van der Waals surface area contributed by atoms with Crippen molar-refractivity contribution in [3.05, 3.63) is 47.7 Å². The zero-order chi connectivity index (χ0) is 19.2. The van der Waals surface area contributed by atoms with E-state index < -0.39 is 5.91 Å². The van der Waals surface area contributed by atoms with Crippen molar-refractivity contribution in [3.8, 4) is 11.3 Å². The Morgan fingerprint density at radius 1 is 1.26 bits per heavy atom. The molecule has 1 saturated heterocycles. The summed E-state index contributed by atoms with van der Waals surface area (Å²) in [5.41, 5.74) is 1.76. The molecular weight excluding hydrogens is 346 g/mol. The van der Waals surface area contributed by atoms with Crippen molar-refractivity contribution in [2.45, 2.75) is 25.4 Å². The predicted molar refractivity (Wildman–Crippen MR) is 100 cm³/mol. The van der Waals surface area contributed by atoms with Gasteiger partial charge >= 0.3 is 0 Å². The molecule has 142 valence electrons. The highest BCUT2D eigenvalue weighted by Crippen LogP contribution is 2.23. The zero-order valence-corrected chi connectivity index (χ0v) is 15.2. The third-order valence-corrected chi connectivity index (χ3v) is 4.68. The molecule has 0 aliphatic carbocycles. The standard InChI is InChI=1S/C20H23N3O4/c1-23-10-3-6-16(23)19(25)22-13-14-4-2-5-15(12-14)17-7-8-18(27-17)20(26)21-9-11-24/h2,4-5,7-8,11-12,16H,3,6,9-10,13H2,1H3,(H,21,26)(H,22,25). The lowest BCUT2D eigenvalue weighted by molar-refractivity contribution is -0.125. The van der Waals surface area contributed by atoms with E-state index in [1.807, 2.05) is 31.3 Å². The first-order chi connectivity index (χ1) is 13.1. The number of hydrogen-bond acceptors (Lipinski definition) is 5. The fourth-order valence-electron chi connectivity index (χ4n) is 3.22. The third-order valence-electron chi connectivity index (χ3n) is 4.68. The van der Waals surface area contributed by atoms with E-state index in [1.54, 1.807) is 12.1 Å². The maximum Gasteiger partial charge on any atom is 0.287 e. The summed E-state index contributed by atoms with van der Waals surface area (Å²) >= 11 is 0. The Morgan fingerprint density at radius 3 is 2.85 bits per heavy atom. The number of rotatable bonds is 7. The monoisotopic (exact) mass is 369 g/mol. The molecule has 1 fully saturated rings. The van der Waals surface area contributed by atoms with E-state index >= 15 is 0 Å². The number of aldehydes is 1. The van der Waals surface area contributed by atoms with Crippen LogP contribution in [0.15, 0.2) is 40.8 Å². The fourth-order valence-corrected chi connectivity index (χ4v) is 3.22. The molecule has 1 aromatic heterocycles. The third kappa shape index (κ3) is 4.62. The van der Waals surface area contributed by atoms with Crippen LogP contribution in [0.4, 0.5) is 0 Å². The molecule has 2 amide bonds. The summed E-state index contributed by atoms with van der Waals surface area (Å²) in [5, 5.41) is 5.42. The normalized spacial score (nSPS) is 16.9. The summed E-state index contributed by atoms with van der Waals surface area (Å²) in [6.07, 6.45) is 2.55. The van der Waals surface area contributed by atoms with Gasteiger partial charge in [0, 0.05) is 12.1 Å². The van der Waals surface area contributed by atoms with E-state index in [-0.39, 0.29) is 24.3 Å². The van der Waals surface area contributed by atoms with Crippen molar-refractivity contribution in [3.63, 3.8) is 0 Å². The van der Waals surface area contributed by atoms with Gasteiger partial charge in [-0.3, -0.25) is 14.5 Å². The number of nitrogens with zero attached hydrogens (tertiary/aromatic N) is 1. The van der Waals surface area contributed by atoms with Crippen LogP contribution in [-0.4, -0.2) is 49.2 Å². The molecule has 27 heavy (non-hydrogen) atoms. The molecule has 2 heterocycles. The number of amides is 2. The molecule has 2 aromatic rings. The molecule has 1 aromatic carbocycles. The van der Waals surface area contributed by atoms with Gasteiger partial charge < -0.3 is 19.8 Å². The molecule has 1 aliphatic rings. The second kappa shape index (κ2) is 8.64. The Balaban J connectivity index is 1.63. The summed E-state index contributed by atoms with van der Waals surface area (Å²) in [4.78, 5) is 36.6. The fraction of sp³-hybridized carbons (Fsp3) is 0.350. The summed E-state index contributed by atoms with van der Waals surface area (Å²) < 4.78 is 5.58. The Labute approximate surface area is 157 Å². The highest BCUT2D eigenvalue weighted by Gasteiger charge is 2.27. The van der Waals surface area contributed by atoms with E-state index in [2.05, 4.69) is 15.5 Å². The second-order valence-electron chi connectivity index (χ2n) is 6.60. The van der Waals surface area contributed by atoms with Crippen molar-refractivity contribution in [2.24, 2.45) is 0 Å². The number of nitrogens with one attached hydrogen (secondary N) is 2. The first-order valence-corrected chi connectivity index (χ1v) is 8.97. The number of carbonyl (C=O) groups excluding carboxylic acids is 3. The van der Waals surface area contributed by atoms with Crippen LogP contribution in [0, 0.1) is 0 Å². The van der Waals surface area contributed by atoms with Crippen LogP contribution in [0.25, 0.3) is 11.3 Å². The van der Waals surface area contributed by atoms with Gasteiger partial charge in [-0.2, -0.15) is 0 Å². The van der Waals surface area contributed by atoms with Gasteiger partial charge in [0.1, 0.15) is 12.0 Å². The zero-order valence-electron chi connectivity index (χ0n) is 15.2. The predicted octanol–water partition coefficient (Wildman–Crippen LogP) is 1.59. The average Bonchev–Trinajstić information content (AvgIpc) is 3.34. The van der Waals surface area contributed by atoms with Gasteiger partial charge in [-0.05, 0) is 50.2 Å². The minimum absolute atomic E-state index is 0.0486. The SMILES string of the molecule is CN1CCCC1C(=O)NCc1cccc(-c2ccc(C(=O)NCC=O)o2)c1. The number of likely N-dealkylation sites (tertiary alicyclic amines) is 1. The smallest absolute Gasteiger partial charge is 0.287 e. The van der Waals surface area contributed by atoms with Crippen molar-refractivity contribution in [1.29, 1.82) is 0 Å². The van der Waals surface area contributed by atoms with Gasteiger partial charge in [0.15, 0.2) is 5.76 Å². The van der Waals surface area contributed by atoms with Crippen LogP contribution in [0.3, 0.4) is 0 Å². The van der Waals surface area contributed by atoms with Crippen LogP contribution >= 0.6 is 0 Å².